The summed E-state index contributed by atoms with van der Waals surface area (Å²) in [6.45, 7) is 2.15. The Kier molecular flexibility index (Phi) is 7.90. The molecule has 0 radical (unpaired) electrons. The summed E-state index contributed by atoms with van der Waals surface area (Å²) in [7, 11) is 5.00. The molecule has 0 aromatic heterocycles. The molecule has 0 aromatic carbocycles. The van der Waals surface area contributed by atoms with Crippen LogP contribution in [0.25, 0.3) is 0 Å². The normalized spacial score (nSPS) is 18.7. The molecule has 6 nitrogen and oxygen atoms in total. The second kappa shape index (κ2) is 8.29. The predicted molar refractivity (Wildman–Crippen MR) is 70.8 cm³/mol. The fraction of sp³-hybridized carbons (Fsp3) is 0.818. The lowest BCUT2D eigenvalue weighted by molar-refractivity contribution is -0.138. The molecule has 1 unspecified atom stereocenters. The number of likely N-dealkylation sites (N-methyl/N-ethyl adjacent to an activating group) is 2. The Bertz CT molecular complexity index is 281. The topological polar surface area (TPSA) is 61.9 Å². The molecule has 1 fully saturated rings. The van der Waals surface area contributed by atoms with Gasteiger partial charge in [-0.3, -0.25) is 9.59 Å². The molecule has 1 rings (SSSR count). The lowest BCUT2D eigenvalue weighted by Crippen LogP contribution is -2.45. The third kappa shape index (κ3) is 5.66. The van der Waals surface area contributed by atoms with Gasteiger partial charge < -0.3 is 19.9 Å². The van der Waals surface area contributed by atoms with Crippen molar-refractivity contribution in [2.24, 2.45) is 0 Å². The van der Waals surface area contributed by atoms with Crippen LogP contribution in [-0.2, 0) is 14.3 Å². The van der Waals surface area contributed by atoms with Crippen molar-refractivity contribution in [3.8, 4) is 0 Å². The van der Waals surface area contributed by atoms with Gasteiger partial charge in [-0.15, -0.1) is 12.4 Å². The van der Waals surface area contributed by atoms with Crippen LogP contribution in [0.3, 0.4) is 0 Å². The van der Waals surface area contributed by atoms with Crippen LogP contribution in [0.4, 0.5) is 0 Å². The van der Waals surface area contributed by atoms with Crippen molar-refractivity contribution in [1.29, 1.82) is 0 Å². The number of halogens is 1. The molecule has 1 atom stereocenters. The van der Waals surface area contributed by atoms with Gasteiger partial charge in [0.15, 0.2) is 0 Å². The van der Waals surface area contributed by atoms with Crippen molar-refractivity contribution in [2.45, 2.75) is 12.5 Å². The monoisotopic (exact) mass is 279 g/mol. The van der Waals surface area contributed by atoms with Gasteiger partial charge in [0.1, 0.15) is 0 Å². The molecule has 18 heavy (non-hydrogen) atoms. The Labute approximate surface area is 114 Å². The van der Waals surface area contributed by atoms with Gasteiger partial charge in [-0.05, 0) is 0 Å². The summed E-state index contributed by atoms with van der Waals surface area (Å²) in [6.07, 6.45) is 0.372. The van der Waals surface area contributed by atoms with Crippen molar-refractivity contribution < 1.29 is 14.3 Å². The first-order chi connectivity index (χ1) is 8.00. The number of nitrogens with zero attached hydrogens (tertiary/aromatic N) is 2. The number of morpholine rings is 1. The second-order valence-corrected chi connectivity index (χ2v) is 4.47. The predicted octanol–water partition coefficient (Wildman–Crippen LogP) is -0.667. The first-order valence-corrected chi connectivity index (χ1v) is 5.76. The van der Waals surface area contributed by atoms with E-state index in [4.69, 9.17) is 4.74 Å². The van der Waals surface area contributed by atoms with E-state index in [1.807, 2.05) is 0 Å². The van der Waals surface area contributed by atoms with E-state index < -0.39 is 0 Å². The molecule has 2 amide bonds. The van der Waals surface area contributed by atoms with E-state index in [0.717, 1.165) is 6.54 Å². The first-order valence-electron chi connectivity index (χ1n) is 5.76. The highest BCUT2D eigenvalue weighted by Crippen LogP contribution is 2.01. The van der Waals surface area contributed by atoms with Crippen LogP contribution in [0.5, 0.6) is 0 Å². The van der Waals surface area contributed by atoms with Crippen LogP contribution >= 0.6 is 12.4 Å². The van der Waals surface area contributed by atoms with Crippen molar-refractivity contribution in [3.63, 3.8) is 0 Å². The van der Waals surface area contributed by atoms with E-state index in [1.165, 1.54) is 9.80 Å². The standard InChI is InChI=1S/C11H21N3O3.ClH/c1-13(2)11(16)7-14(3)10(15)6-9-8-17-5-4-12-9;/h9,12H,4-8H2,1-3H3;1H. The van der Waals surface area contributed by atoms with E-state index in [1.54, 1.807) is 21.1 Å². The first kappa shape index (κ1) is 17.2. The van der Waals surface area contributed by atoms with Gasteiger partial charge in [0.25, 0.3) is 0 Å². The molecular weight excluding hydrogens is 258 g/mol. The molecule has 1 N–H and O–H groups in total. The van der Waals surface area contributed by atoms with E-state index in [-0.39, 0.29) is 36.8 Å². The van der Waals surface area contributed by atoms with Gasteiger partial charge in [0.2, 0.25) is 11.8 Å². The summed E-state index contributed by atoms with van der Waals surface area (Å²) in [5.74, 6) is -0.114. The lowest BCUT2D eigenvalue weighted by Gasteiger charge is -2.26. The van der Waals surface area contributed by atoms with Crippen LogP contribution in [-0.4, -0.2) is 75.1 Å². The third-order valence-electron chi connectivity index (χ3n) is 2.72. The van der Waals surface area contributed by atoms with Crippen molar-refractivity contribution in [2.75, 3.05) is 47.4 Å². The van der Waals surface area contributed by atoms with Crippen LogP contribution < -0.4 is 5.32 Å². The fourth-order valence-corrected chi connectivity index (χ4v) is 1.55. The molecule has 7 heteroatoms. The van der Waals surface area contributed by atoms with E-state index >= 15 is 0 Å². The zero-order valence-electron chi connectivity index (χ0n) is 11.1. The molecule has 1 aliphatic heterocycles. The molecule has 1 saturated heterocycles. The van der Waals surface area contributed by atoms with Crippen LogP contribution in [0.2, 0.25) is 0 Å². The maximum atomic E-state index is 11.8. The Morgan fingerprint density at radius 3 is 2.44 bits per heavy atom. The summed E-state index contributed by atoms with van der Waals surface area (Å²) in [5.41, 5.74) is 0. The van der Waals surface area contributed by atoms with Gasteiger partial charge in [0.05, 0.1) is 19.8 Å². The van der Waals surface area contributed by atoms with E-state index in [2.05, 4.69) is 5.32 Å². The second-order valence-electron chi connectivity index (χ2n) is 4.47. The number of nitrogens with one attached hydrogen (secondary N) is 1. The number of hydrogen-bond acceptors (Lipinski definition) is 4. The number of ether oxygens (including phenoxy) is 1. The minimum atomic E-state index is -0.0753. The van der Waals surface area contributed by atoms with Gasteiger partial charge in [-0.2, -0.15) is 0 Å². The van der Waals surface area contributed by atoms with Crippen LogP contribution in [0, 0.1) is 0 Å². The summed E-state index contributed by atoms with van der Waals surface area (Å²) >= 11 is 0. The number of amides is 2. The Balaban J connectivity index is 0.00000289. The highest BCUT2D eigenvalue weighted by atomic mass is 35.5. The molecule has 0 aliphatic carbocycles. The number of carbonyl (C=O) groups is 2. The summed E-state index contributed by atoms with van der Waals surface area (Å²) < 4.78 is 5.27. The number of carbonyl (C=O) groups excluding carboxylic acids is 2. The highest BCUT2D eigenvalue weighted by molar-refractivity contribution is 5.85. The average Bonchev–Trinajstić information content (AvgIpc) is 2.29. The molecule has 106 valence electrons. The van der Waals surface area contributed by atoms with Crippen molar-refractivity contribution in [1.82, 2.24) is 15.1 Å². The van der Waals surface area contributed by atoms with Crippen molar-refractivity contribution >= 4 is 24.2 Å². The quantitative estimate of drug-likeness (QED) is 0.742. The maximum absolute atomic E-state index is 11.8. The van der Waals surface area contributed by atoms with Crippen LogP contribution in [0.15, 0.2) is 0 Å². The Hall–Kier alpha value is -0.850. The molecular formula is C11H22ClN3O3. The molecule has 1 aliphatic rings. The molecule has 0 bridgehead atoms. The highest BCUT2D eigenvalue weighted by Gasteiger charge is 2.20. The minimum Gasteiger partial charge on any atom is -0.378 e. The largest absolute Gasteiger partial charge is 0.378 e. The minimum absolute atomic E-state index is 0. The zero-order chi connectivity index (χ0) is 12.8. The fourth-order valence-electron chi connectivity index (χ4n) is 1.55. The van der Waals surface area contributed by atoms with E-state index in [0.29, 0.717) is 19.6 Å². The van der Waals surface area contributed by atoms with Crippen LogP contribution in [0.1, 0.15) is 6.42 Å². The SMILES string of the molecule is CN(C)C(=O)CN(C)C(=O)CC1COCCN1.Cl. The molecule has 0 saturated carbocycles. The molecule has 0 aromatic rings. The van der Waals surface area contributed by atoms with Crippen molar-refractivity contribution in [3.05, 3.63) is 0 Å². The van der Waals surface area contributed by atoms with Gasteiger partial charge in [-0.1, -0.05) is 0 Å². The number of rotatable bonds is 4. The Morgan fingerprint density at radius 1 is 1.28 bits per heavy atom. The van der Waals surface area contributed by atoms with Gasteiger partial charge in [-0.25, -0.2) is 0 Å². The lowest BCUT2D eigenvalue weighted by atomic mass is 10.2. The average molecular weight is 280 g/mol. The molecule has 0 spiro atoms. The van der Waals surface area contributed by atoms with Gasteiger partial charge >= 0.3 is 0 Å². The smallest absolute Gasteiger partial charge is 0.241 e. The zero-order valence-corrected chi connectivity index (χ0v) is 12.0. The third-order valence-corrected chi connectivity index (χ3v) is 2.72. The maximum Gasteiger partial charge on any atom is 0.241 e. The Morgan fingerprint density at radius 2 is 1.94 bits per heavy atom. The van der Waals surface area contributed by atoms with Gasteiger partial charge in [0, 0.05) is 40.2 Å². The van der Waals surface area contributed by atoms with E-state index in [9.17, 15) is 9.59 Å². The number of hydrogen-bond donors (Lipinski definition) is 1. The molecule has 1 heterocycles. The summed E-state index contributed by atoms with van der Waals surface area (Å²) in [5, 5.41) is 3.21. The summed E-state index contributed by atoms with van der Waals surface area (Å²) in [6, 6.07) is 0.0631. The summed E-state index contributed by atoms with van der Waals surface area (Å²) in [4.78, 5) is 26.2.